The fourth-order valence-electron chi connectivity index (χ4n) is 5.23. The van der Waals surface area contributed by atoms with E-state index in [-0.39, 0.29) is 32.0 Å². The number of hydrazine groups is 1. The molecule has 0 bridgehead atoms. The minimum absolute atomic E-state index is 0.0285. The lowest BCUT2D eigenvalue weighted by atomic mass is 9.81. The van der Waals surface area contributed by atoms with Crippen molar-refractivity contribution in [2.24, 2.45) is 10.1 Å². The van der Waals surface area contributed by atoms with Crippen molar-refractivity contribution in [2.45, 2.75) is 37.6 Å². The van der Waals surface area contributed by atoms with Gasteiger partial charge in [0, 0.05) is 57.1 Å². The number of aliphatic hydroxyl groups excluding tert-OH is 1. The molecule has 5 rings (SSSR count). The summed E-state index contributed by atoms with van der Waals surface area (Å²) < 4.78 is 12.3. The van der Waals surface area contributed by atoms with Gasteiger partial charge in [0.15, 0.2) is 11.6 Å². The van der Waals surface area contributed by atoms with E-state index in [4.69, 9.17) is 59.9 Å². The van der Waals surface area contributed by atoms with Crippen molar-refractivity contribution < 1.29 is 19.4 Å². The Labute approximate surface area is 286 Å². The lowest BCUT2D eigenvalue weighted by Crippen LogP contribution is -2.53. The van der Waals surface area contributed by atoms with Crippen LogP contribution in [0.2, 0.25) is 15.1 Å². The number of ether oxygens (including phenoxy) is 2. The highest BCUT2D eigenvalue weighted by molar-refractivity contribution is 6.35. The summed E-state index contributed by atoms with van der Waals surface area (Å²) in [4.78, 5) is 22.5. The quantitative estimate of drug-likeness (QED) is 0.0412. The average Bonchev–Trinajstić information content (AvgIpc) is 3.45. The smallest absolute Gasteiger partial charge is 0.266 e. The number of carbonyl (C=O) groups excluding carboxylic acids is 1. The number of hydrogen-bond acceptors (Lipinski definition) is 7. The highest BCUT2D eigenvalue weighted by Gasteiger charge is 2.54. The lowest BCUT2D eigenvalue weighted by molar-refractivity contribution is -0.130. The zero-order valence-electron chi connectivity index (χ0n) is 25.1. The molecular weight excluding hydrogens is 663 g/mol. The molecule has 1 heterocycles. The predicted molar refractivity (Wildman–Crippen MR) is 183 cm³/mol. The number of rotatable bonds is 14. The topological polar surface area (TPSA) is 141 Å². The summed E-state index contributed by atoms with van der Waals surface area (Å²) >= 11 is 19.4. The maximum absolute atomic E-state index is 14.5. The first-order valence-electron chi connectivity index (χ1n) is 14.7. The molecule has 242 valence electrons. The molecule has 13 heteroatoms. The lowest BCUT2D eigenvalue weighted by Gasteiger charge is -2.32. The largest absolute Gasteiger partial charge is 0.494 e. The Bertz CT molecular complexity index is 1800. The first-order chi connectivity index (χ1) is 22.8. The minimum Gasteiger partial charge on any atom is -0.494 e. The summed E-state index contributed by atoms with van der Waals surface area (Å²) in [5.74, 6) is 0.340. The predicted octanol–water partition coefficient (Wildman–Crippen LogP) is 7.54. The summed E-state index contributed by atoms with van der Waals surface area (Å²) in [6, 6.07) is 26.8. The van der Waals surface area contributed by atoms with Crippen molar-refractivity contribution in [3.63, 3.8) is 0 Å². The molecule has 2 atom stereocenters. The highest BCUT2D eigenvalue weighted by atomic mass is 35.5. The first-order valence-corrected chi connectivity index (χ1v) is 15.9. The van der Waals surface area contributed by atoms with E-state index in [0.717, 1.165) is 16.7 Å². The third-order valence-corrected chi connectivity index (χ3v) is 8.53. The van der Waals surface area contributed by atoms with Gasteiger partial charge in [-0.15, -0.1) is 0 Å². The van der Waals surface area contributed by atoms with Gasteiger partial charge in [0.1, 0.15) is 5.75 Å². The normalized spacial score (nSPS) is 16.9. The summed E-state index contributed by atoms with van der Waals surface area (Å²) in [6.45, 7) is 0.720. The van der Waals surface area contributed by atoms with Crippen LogP contribution in [0.15, 0.2) is 101 Å². The Hall–Kier alpha value is -4.28. The van der Waals surface area contributed by atoms with Crippen molar-refractivity contribution in [1.29, 1.82) is 0 Å². The van der Waals surface area contributed by atoms with Crippen LogP contribution in [0, 0.1) is 0 Å². The van der Waals surface area contributed by atoms with Crippen LogP contribution in [0.5, 0.6) is 5.75 Å². The number of hydrogen-bond donors (Lipinski definition) is 3. The number of benzene rings is 4. The number of carbonyl (C=O) groups is 1. The van der Waals surface area contributed by atoms with Crippen LogP contribution in [-0.2, 0) is 29.0 Å². The van der Waals surface area contributed by atoms with Crippen LogP contribution in [0.1, 0.15) is 40.3 Å². The molecule has 0 aromatic heterocycles. The number of halogens is 3. The van der Waals surface area contributed by atoms with E-state index >= 15 is 0 Å². The maximum atomic E-state index is 14.5. The Kier molecular flexibility index (Phi) is 11.6. The van der Waals surface area contributed by atoms with Gasteiger partial charge in [-0.3, -0.25) is 10.2 Å². The summed E-state index contributed by atoms with van der Waals surface area (Å²) in [5, 5.41) is 14.1. The van der Waals surface area contributed by atoms with Crippen LogP contribution in [0.3, 0.4) is 0 Å². The van der Waals surface area contributed by atoms with Crippen molar-refractivity contribution in [1.82, 2.24) is 10.9 Å². The molecule has 0 saturated heterocycles. The van der Waals surface area contributed by atoms with Gasteiger partial charge in [-0.1, -0.05) is 88.4 Å². The maximum Gasteiger partial charge on any atom is 0.266 e. The molecule has 0 spiro atoms. The van der Waals surface area contributed by atoms with Crippen LogP contribution in [0.4, 0.5) is 0 Å². The van der Waals surface area contributed by atoms with Gasteiger partial charge in [-0.05, 0) is 64.7 Å². The van der Waals surface area contributed by atoms with Crippen LogP contribution < -0.4 is 15.6 Å². The zero-order chi connectivity index (χ0) is 33.2. The Morgan fingerprint density at radius 2 is 1.70 bits per heavy atom. The molecule has 0 saturated carbocycles. The second-order valence-electron chi connectivity index (χ2n) is 10.7. The van der Waals surface area contributed by atoms with E-state index < -0.39 is 17.6 Å². The van der Waals surface area contributed by atoms with Crippen molar-refractivity contribution in [3.8, 4) is 5.75 Å². The van der Waals surface area contributed by atoms with Gasteiger partial charge in [0.2, 0.25) is 5.90 Å². The summed E-state index contributed by atoms with van der Waals surface area (Å²) in [5.41, 5.74) is 16.6. The monoisotopic (exact) mass is 692 g/mol. The van der Waals surface area contributed by atoms with Gasteiger partial charge in [0.05, 0.1) is 13.2 Å². The fourth-order valence-corrected chi connectivity index (χ4v) is 5.94. The van der Waals surface area contributed by atoms with Crippen LogP contribution in [0.25, 0.3) is 10.4 Å². The van der Waals surface area contributed by atoms with Gasteiger partial charge in [-0.25, -0.2) is 10.4 Å². The molecule has 0 aliphatic carbocycles. The van der Waals surface area contributed by atoms with Crippen molar-refractivity contribution in [3.05, 3.63) is 144 Å². The molecule has 1 aliphatic heterocycles. The minimum atomic E-state index is -1.59. The molecule has 0 fully saturated rings. The number of nitrogens with zero attached hydrogens (tertiary/aromatic N) is 4. The molecule has 0 radical (unpaired) electrons. The Balaban J connectivity index is 1.59. The average molecular weight is 694 g/mol. The standard InChI is InChI=1S/C34H31Cl3N6O4/c35-26-12-15-28(30(37)18-26)31-34(19-23-6-1-2-7-24(23)20-40-43-38,33(45)42-39-21-25-8-3-4-9-29(25)36)41-32(47-31)22-10-13-27(14-11-22)46-17-5-16-44/h1-4,6-15,18,31,39,44H,5,16-17,19-21H2,(H,42,45)/t31-,34-/m0/s1. The van der Waals surface area contributed by atoms with E-state index in [2.05, 4.69) is 20.9 Å². The van der Waals surface area contributed by atoms with Crippen molar-refractivity contribution >= 4 is 46.6 Å². The SMILES string of the molecule is [N-]=[N+]=NCc1ccccc1C[C@]1(C(=O)NNCc2ccccc2Cl)N=C(c2ccc(OCCCO)cc2)O[C@H]1c1ccc(Cl)cc1Cl. The van der Waals surface area contributed by atoms with E-state index in [1.165, 1.54) is 0 Å². The molecule has 47 heavy (non-hydrogen) atoms. The van der Waals surface area contributed by atoms with Gasteiger partial charge >= 0.3 is 0 Å². The van der Waals surface area contributed by atoms with E-state index in [9.17, 15) is 4.79 Å². The van der Waals surface area contributed by atoms with Gasteiger partial charge in [0.25, 0.3) is 5.91 Å². The molecule has 0 unspecified atom stereocenters. The molecular formula is C34H31Cl3N6O4. The molecule has 10 nitrogen and oxygen atoms in total. The summed E-state index contributed by atoms with van der Waals surface area (Å²) in [6.07, 6.45) is -0.416. The third-order valence-electron chi connectivity index (χ3n) is 7.60. The van der Waals surface area contributed by atoms with E-state index in [0.29, 0.717) is 45.0 Å². The van der Waals surface area contributed by atoms with Crippen LogP contribution >= 0.6 is 34.8 Å². The molecule has 4 aromatic carbocycles. The van der Waals surface area contributed by atoms with Gasteiger partial charge in [-0.2, -0.15) is 0 Å². The number of amides is 1. The van der Waals surface area contributed by atoms with Crippen molar-refractivity contribution in [2.75, 3.05) is 13.2 Å². The number of aliphatic hydroxyl groups is 1. The highest BCUT2D eigenvalue weighted by Crippen LogP contribution is 2.45. The van der Waals surface area contributed by atoms with E-state index in [1.54, 1.807) is 48.5 Å². The Morgan fingerprint density at radius 1 is 0.979 bits per heavy atom. The molecule has 1 amide bonds. The zero-order valence-corrected chi connectivity index (χ0v) is 27.3. The molecule has 4 aromatic rings. The second kappa shape index (κ2) is 16.0. The molecule has 1 aliphatic rings. The number of nitrogens with one attached hydrogen (secondary N) is 2. The Morgan fingerprint density at radius 3 is 2.40 bits per heavy atom. The number of aliphatic imine (C=N–C) groups is 1. The number of azide groups is 1. The van der Waals surface area contributed by atoms with Crippen LogP contribution in [-0.4, -0.2) is 35.7 Å². The van der Waals surface area contributed by atoms with Gasteiger partial charge < -0.3 is 14.6 Å². The fraction of sp³-hybridized carbons (Fsp3) is 0.235. The summed E-state index contributed by atoms with van der Waals surface area (Å²) in [7, 11) is 0. The van der Waals surface area contributed by atoms with E-state index in [1.807, 2.05) is 42.5 Å². The third kappa shape index (κ3) is 8.18. The second-order valence-corrected chi connectivity index (χ2v) is 11.9. The molecule has 3 N–H and O–H groups in total. The first kappa shape index (κ1) is 34.1.